The molecule has 0 atom stereocenters. The summed E-state index contributed by atoms with van der Waals surface area (Å²) in [5, 5.41) is 3.03. The van der Waals surface area contributed by atoms with Gasteiger partial charge in [-0.05, 0) is 83.5 Å². The summed E-state index contributed by atoms with van der Waals surface area (Å²) in [6, 6.07) is 9.46. The molecule has 0 saturated heterocycles. The molecule has 0 saturated carbocycles. The molecule has 3 aliphatic carbocycles. The molecular weight excluding hydrogens is 300 g/mol. The third-order valence-electron chi connectivity index (χ3n) is 5.96. The second-order valence-corrected chi connectivity index (χ2v) is 7.52. The summed E-state index contributed by atoms with van der Waals surface area (Å²) in [4.78, 5) is 0. The van der Waals surface area contributed by atoms with Crippen LogP contribution in [0.1, 0.15) is 54.4 Å². The maximum Gasteiger partial charge on any atom is -0.00646 e. The summed E-state index contributed by atoms with van der Waals surface area (Å²) < 4.78 is 0. The number of aryl methyl sites for hydroxylation is 1. The van der Waals surface area contributed by atoms with E-state index in [4.69, 9.17) is 0 Å². The topological polar surface area (TPSA) is 0 Å². The number of hydrogen-bond donors (Lipinski definition) is 0. The van der Waals surface area contributed by atoms with E-state index in [1.165, 1.54) is 70.7 Å². The van der Waals surface area contributed by atoms with E-state index in [-0.39, 0.29) is 0 Å². The van der Waals surface area contributed by atoms with E-state index in [9.17, 15) is 0 Å². The maximum atomic E-state index is 2.44. The van der Waals surface area contributed by atoms with Gasteiger partial charge in [-0.3, -0.25) is 0 Å². The lowest BCUT2D eigenvalue weighted by atomic mass is 9.80. The van der Waals surface area contributed by atoms with Crippen LogP contribution in [0, 0.1) is 0 Å². The van der Waals surface area contributed by atoms with E-state index in [0.717, 1.165) is 12.8 Å². The molecule has 2 aromatic carbocycles. The Hall–Kier alpha value is -2.34. The summed E-state index contributed by atoms with van der Waals surface area (Å²) in [5.74, 6) is 0. The van der Waals surface area contributed by atoms with Crippen molar-refractivity contribution in [3.05, 3.63) is 82.5 Å². The summed E-state index contributed by atoms with van der Waals surface area (Å²) in [6.45, 7) is 0. The number of allylic oxidation sites excluding steroid dienone is 7. The van der Waals surface area contributed by atoms with Crippen molar-refractivity contribution in [1.29, 1.82) is 0 Å². The van der Waals surface area contributed by atoms with Gasteiger partial charge in [-0.25, -0.2) is 0 Å². The van der Waals surface area contributed by atoms with E-state index in [1.807, 2.05) is 0 Å². The van der Waals surface area contributed by atoms with Gasteiger partial charge in [0, 0.05) is 0 Å². The molecule has 5 rings (SSSR count). The molecule has 0 aliphatic heterocycles. The molecular formula is C25H24. The number of rotatable bonds is 4. The fourth-order valence-electron chi connectivity index (χ4n) is 4.67. The molecule has 0 heterocycles. The Kier molecular flexibility index (Phi) is 3.70. The van der Waals surface area contributed by atoms with Crippen LogP contribution in [0.25, 0.3) is 22.4 Å². The van der Waals surface area contributed by atoms with Gasteiger partial charge in [-0.1, -0.05) is 66.3 Å². The van der Waals surface area contributed by atoms with E-state index < -0.39 is 0 Å². The van der Waals surface area contributed by atoms with Crippen LogP contribution in [-0.2, 0) is 12.8 Å². The highest BCUT2D eigenvalue weighted by atomic mass is 14.2. The summed E-state index contributed by atoms with van der Waals surface area (Å²) in [6.07, 6.45) is 22.2. The van der Waals surface area contributed by atoms with Crippen molar-refractivity contribution in [2.45, 2.75) is 44.9 Å². The molecule has 2 aromatic rings. The minimum absolute atomic E-state index is 1.09. The number of benzene rings is 2. The predicted octanol–water partition coefficient (Wildman–Crippen LogP) is 6.80. The van der Waals surface area contributed by atoms with Gasteiger partial charge in [-0.15, -0.1) is 0 Å². The highest BCUT2D eigenvalue weighted by Crippen LogP contribution is 2.41. The Balaban J connectivity index is 1.49. The number of hydrogen-bond acceptors (Lipinski definition) is 0. The van der Waals surface area contributed by atoms with Crippen molar-refractivity contribution in [2.75, 3.05) is 0 Å². The molecule has 0 N–H and O–H groups in total. The Labute approximate surface area is 150 Å². The van der Waals surface area contributed by atoms with Crippen LogP contribution in [0.4, 0.5) is 0 Å². The van der Waals surface area contributed by atoms with Gasteiger partial charge in [0.2, 0.25) is 0 Å². The van der Waals surface area contributed by atoms with Crippen molar-refractivity contribution in [3.63, 3.8) is 0 Å². The van der Waals surface area contributed by atoms with Crippen molar-refractivity contribution >= 4 is 22.4 Å². The first-order valence-corrected chi connectivity index (χ1v) is 9.68. The van der Waals surface area contributed by atoms with Crippen LogP contribution in [0.5, 0.6) is 0 Å². The van der Waals surface area contributed by atoms with Crippen LogP contribution in [-0.4, -0.2) is 0 Å². The molecule has 3 aliphatic rings. The molecule has 0 spiro atoms. The van der Waals surface area contributed by atoms with E-state index >= 15 is 0 Å². The normalized spacial score (nSPS) is 17.6. The summed E-state index contributed by atoms with van der Waals surface area (Å²) >= 11 is 0. The minimum Gasteiger partial charge on any atom is -0.0842 e. The van der Waals surface area contributed by atoms with Gasteiger partial charge in [0.15, 0.2) is 0 Å². The predicted molar refractivity (Wildman–Crippen MR) is 109 cm³/mol. The third-order valence-corrected chi connectivity index (χ3v) is 5.96. The lowest BCUT2D eigenvalue weighted by molar-refractivity contribution is 0.769. The van der Waals surface area contributed by atoms with Crippen LogP contribution >= 0.6 is 0 Å². The summed E-state index contributed by atoms with van der Waals surface area (Å²) in [7, 11) is 0. The molecule has 124 valence electrons. The molecule has 0 unspecified atom stereocenters. The van der Waals surface area contributed by atoms with Gasteiger partial charge in [0.25, 0.3) is 0 Å². The Morgan fingerprint density at radius 1 is 0.920 bits per heavy atom. The quantitative estimate of drug-likeness (QED) is 0.580. The first-order chi connectivity index (χ1) is 12.4. The lowest BCUT2D eigenvalue weighted by Crippen LogP contribution is -2.04. The summed E-state index contributed by atoms with van der Waals surface area (Å²) in [5.41, 5.74) is 9.12. The van der Waals surface area contributed by atoms with Gasteiger partial charge in [0.1, 0.15) is 0 Å². The van der Waals surface area contributed by atoms with Crippen molar-refractivity contribution < 1.29 is 0 Å². The fraction of sp³-hybridized carbons (Fsp3) is 0.280. The lowest BCUT2D eigenvalue weighted by Gasteiger charge is -2.24. The SMILES string of the molecule is C1=CCCC(CCCc2ccc3c4c5c(ccc24)C=CCC5=CC3)=C1. The van der Waals surface area contributed by atoms with Crippen LogP contribution in [0.3, 0.4) is 0 Å². The largest absolute Gasteiger partial charge is 0.0842 e. The van der Waals surface area contributed by atoms with Gasteiger partial charge in [-0.2, -0.15) is 0 Å². The zero-order valence-corrected chi connectivity index (χ0v) is 14.7. The Bertz CT molecular complexity index is 963. The molecule has 0 bridgehead atoms. The van der Waals surface area contributed by atoms with Gasteiger partial charge in [0.05, 0.1) is 0 Å². The zero-order chi connectivity index (χ0) is 16.6. The van der Waals surface area contributed by atoms with Crippen molar-refractivity contribution in [2.24, 2.45) is 0 Å². The van der Waals surface area contributed by atoms with E-state index in [0.29, 0.717) is 0 Å². The highest BCUT2D eigenvalue weighted by Gasteiger charge is 2.20. The van der Waals surface area contributed by atoms with Crippen LogP contribution in [0.15, 0.2) is 60.2 Å². The maximum absolute atomic E-state index is 2.44. The van der Waals surface area contributed by atoms with E-state index in [1.54, 1.807) is 5.57 Å². The van der Waals surface area contributed by atoms with Crippen LogP contribution < -0.4 is 0 Å². The van der Waals surface area contributed by atoms with Crippen LogP contribution in [0.2, 0.25) is 0 Å². The first kappa shape index (κ1) is 15.0. The molecule has 0 aromatic heterocycles. The second-order valence-electron chi connectivity index (χ2n) is 7.52. The van der Waals surface area contributed by atoms with Crippen molar-refractivity contribution in [1.82, 2.24) is 0 Å². The Morgan fingerprint density at radius 3 is 2.84 bits per heavy atom. The first-order valence-electron chi connectivity index (χ1n) is 9.68. The molecule has 25 heavy (non-hydrogen) atoms. The standard InChI is InChI=1S/C25H24/c1-2-6-18(7-3-1)8-4-9-19-12-13-22-15-14-20-10-5-11-21-16-17-23(19)25(22)24(20)21/h1-2,5-6,11-14,16-17H,3-4,7-10,15H2. The average Bonchev–Trinajstić information content (AvgIpc) is 2.68. The van der Waals surface area contributed by atoms with Crippen molar-refractivity contribution in [3.8, 4) is 0 Å². The highest BCUT2D eigenvalue weighted by molar-refractivity contribution is 6.03. The third kappa shape index (κ3) is 2.61. The smallest absolute Gasteiger partial charge is 0.00646 e. The molecule has 0 amide bonds. The molecule has 0 fully saturated rings. The van der Waals surface area contributed by atoms with E-state index in [2.05, 4.69) is 60.7 Å². The second kappa shape index (κ2) is 6.19. The van der Waals surface area contributed by atoms with Gasteiger partial charge >= 0.3 is 0 Å². The molecule has 0 radical (unpaired) electrons. The Morgan fingerprint density at radius 2 is 1.92 bits per heavy atom. The molecule has 0 heteroatoms. The monoisotopic (exact) mass is 324 g/mol. The van der Waals surface area contributed by atoms with Gasteiger partial charge < -0.3 is 0 Å². The average molecular weight is 324 g/mol. The zero-order valence-electron chi connectivity index (χ0n) is 14.7. The molecule has 0 nitrogen and oxygen atoms in total. The minimum atomic E-state index is 1.09. The fourth-order valence-corrected chi connectivity index (χ4v) is 4.67.